The second-order valence-corrected chi connectivity index (χ2v) is 13.6. The first-order valence-electron chi connectivity index (χ1n) is 13.3. The van der Waals surface area contributed by atoms with Gasteiger partial charge in [0.15, 0.2) is 0 Å². The van der Waals surface area contributed by atoms with Crippen molar-refractivity contribution in [1.82, 2.24) is 0 Å². The highest BCUT2D eigenvalue weighted by atomic mass is 35.5. The summed E-state index contributed by atoms with van der Waals surface area (Å²) in [6.07, 6.45) is 0. The molecule has 0 aromatic heterocycles. The molecule has 0 unspecified atom stereocenters. The Kier molecular flexibility index (Phi) is 8.92. The van der Waals surface area contributed by atoms with Gasteiger partial charge in [-0.2, -0.15) is 0 Å². The zero-order valence-electron chi connectivity index (χ0n) is 23.1. The maximum Gasteiger partial charge on any atom is 0.262 e. The van der Waals surface area contributed by atoms with Crippen LogP contribution in [-0.2, 0) is 24.8 Å². The van der Waals surface area contributed by atoms with Crippen molar-refractivity contribution >= 4 is 60.3 Å². The Balaban J connectivity index is 1.44. The summed E-state index contributed by atoms with van der Waals surface area (Å²) in [5, 5.41) is 3.02. The van der Waals surface area contributed by atoms with E-state index in [2.05, 4.69) is 14.8 Å². The van der Waals surface area contributed by atoms with Gasteiger partial charge in [-0.05, 0) is 67.6 Å². The quantitative estimate of drug-likeness (QED) is 0.225. The number of nitrogens with one attached hydrogen (secondary N) is 3. The van der Waals surface area contributed by atoms with Crippen LogP contribution in [0.4, 0.5) is 22.7 Å². The van der Waals surface area contributed by atoms with Crippen LogP contribution in [0.15, 0.2) is 101 Å². The highest BCUT2D eigenvalue weighted by Crippen LogP contribution is 2.32. The number of hydrogen-bond acceptors (Lipinski definition) is 7. The molecule has 5 rings (SSSR count). The SMILES string of the molecule is Cc1ccc(NS(=O)(=O)c2cccc(C(=O)Nc3cc(S(=O)(=O)Nc4ccccc4Cl)ccc3N3CCOCC3)c2)cc1. The van der Waals surface area contributed by atoms with Crippen LogP contribution in [0.2, 0.25) is 5.02 Å². The second kappa shape index (κ2) is 12.6. The highest BCUT2D eigenvalue weighted by molar-refractivity contribution is 7.93. The van der Waals surface area contributed by atoms with E-state index in [-0.39, 0.29) is 31.8 Å². The van der Waals surface area contributed by atoms with Gasteiger partial charge in [0.25, 0.3) is 26.0 Å². The van der Waals surface area contributed by atoms with Gasteiger partial charge in [0.1, 0.15) is 0 Å². The molecule has 1 aliphatic rings. The Hall–Kier alpha value is -4.10. The minimum absolute atomic E-state index is 0.0714. The number of carbonyl (C=O) groups excluding carboxylic acids is 1. The number of hydrogen-bond donors (Lipinski definition) is 3. The molecule has 0 bridgehead atoms. The number of nitrogens with zero attached hydrogens (tertiary/aromatic N) is 1. The Morgan fingerprint density at radius 2 is 1.44 bits per heavy atom. The molecule has 1 saturated heterocycles. The second-order valence-electron chi connectivity index (χ2n) is 9.82. The molecule has 0 atom stereocenters. The molecular weight excluding hydrogens is 612 g/mol. The molecule has 4 aromatic carbocycles. The summed E-state index contributed by atoms with van der Waals surface area (Å²) >= 11 is 6.16. The number of aryl methyl sites for hydroxylation is 1. The monoisotopic (exact) mass is 640 g/mol. The first kappa shape index (κ1) is 30.4. The zero-order valence-corrected chi connectivity index (χ0v) is 25.5. The first-order chi connectivity index (χ1) is 20.5. The number of benzene rings is 4. The van der Waals surface area contributed by atoms with Crippen LogP contribution >= 0.6 is 11.6 Å². The average Bonchev–Trinajstić information content (AvgIpc) is 3.00. The van der Waals surface area contributed by atoms with Crippen LogP contribution in [0.1, 0.15) is 15.9 Å². The smallest absolute Gasteiger partial charge is 0.262 e. The van der Waals surface area contributed by atoms with Gasteiger partial charge in [0.05, 0.1) is 45.1 Å². The van der Waals surface area contributed by atoms with Gasteiger partial charge in [-0.25, -0.2) is 16.8 Å². The van der Waals surface area contributed by atoms with E-state index >= 15 is 0 Å². The molecule has 4 aromatic rings. The molecule has 3 N–H and O–H groups in total. The predicted octanol–water partition coefficient (Wildman–Crippen LogP) is 5.34. The predicted molar refractivity (Wildman–Crippen MR) is 168 cm³/mol. The van der Waals surface area contributed by atoms with Crippen molar-refractivity contribution in [3.8, 4) is 0 Å². The zero-order chi connectivity index (χ0) is 30.6. The van der Waals surface area contributed by atoms with Gasteiger partial charge < -0.3 is 15.0 Å². The molecular formula is C30H29ClN4O6S2. The van der Waals surface area contributed by atoms with Crippen LogP contribution in [0.25, 0.3) is 0 Å². The van der Waals surface area contributed by atoms with Gasteiger partial charge in [0, 0.05) is 24.3 Å². The third-order valence-corrected chi connectivity index (χ3v) is 9.78. The van der Waals surface area contributed by atoms with Gasteiger partial charge in [-0.3, -0.25) is 14.2 Å². The molecule has 0 spiro atoms. The fraction of sp³-hybridized carbons (Fsp3) is 0.167. The van der Waals surface area contributed by atoms with E-state index in [4.69, 9.17) is 16.3 Å². The number of sulfonamides is 2. The Morgan fingerprint density at radius 3 is 2.16 bits per heavy atom. The third-order valence-electron chi connectivity index (χ3n) is 6.71. The van der Waals surface area contributed by atoms with Crippen LogP contribution < -0.4 is 19.7 Å². The molecule has 1 amide bonds. The lowest BCUT2D eigenvalue weighted by molar-refractivity contribution is 0.102. The fourth-order valence-corrected chi connectivity index (χ4v) is 6.89. The lowest BCUT2D eigenvalue weighted by Crippen LogP contribution is -2.36. The molecule has 43 heavy (non-hydrogen) atoms. The summed E-state index contributed by atoms with van der Waals surface area (Å²) < 4.78 is 63.1. The van der Waals surface area contributed by atoms with E-state index in [1.165, 1.54) is 36.4 Å². The van der Waals surface area contributed by atoms with Crippen molar-refractivity contribution in [2.24, 2.45) is 0 Å². The van der Waals surface area contributed by atoms with Gasteiger partial charge in [-0.1, -0.05) is 47.5 Å². The third kappa shape index (κ3) is 7.28. The normalized spacial score (nSPS) is 13.8. The lowest BCUT2D eigenvalue weighted by Gasteiger charge is -2.30. The summed E-state index contributed by atoms with van der Waals surface area (Å²) in [5.74, 6) is -0.615. The number of para-hydroxylation sites is 1. The number of rotatable bonds is 9. The molecule has 0 radical (unpaired) electrons. The Labute approximate surface area is 255 Å². The molecule has 1 fully saturated rings. The van der Waals surface area contributed by atoms with E-state index in [0.29, 0.717) is 37.7 Å². The molecule has 0 saturated carbocycles. The highest BCUT2D eigenvalue weighted by Gasteiger charge is 2.23. The van der Waals surface area contributed by atoms with Crippen LogP contribution in [0.5, 0.6) is 0 Å². The molecule has 0 aliphatic carbocycles. The summed E-state index contributed by atoms with van der Waals surface area (Å²) in [7, 11) is -8.07. The van der Waals surface area contributed by atoms with E-state index in [1.807, 2.05) is 11.8 Å². The number of morpholine rings is 1. The van der Waals surface area contributed by atoms with Gasteiger partial charge in [-0.15, -0.1) is 0 Å². The molecule has 224 valence electrons. The summed E-state index contributed by atoms with van der Waals surface area (Å²) in [6, 6.07) is 23.3. The van der Waals surface area contributed by atoms with Crippen LogP contribution in [0.3, 0.4) is 0 Å². The maximum atomic E-state index is 13.5. The summed E-state index contributed by atoms with van der Waals surface area (Å²) in [5.41, 5.74) is 2.48. The maximum absolute atomic E-state index is 13.5. The van der Waals surface area contributed by atoms with Crippen molar-refractivity contribution in [3.05, 3.63) is 107 Å². The summed E-state index contributed by atoms with van der Waals surface area (Å²) in [4.78, 5) is 15.2. The molecule has 1 heterocycles. The minimum atomic E-state index is -4.08. The lowest BCUT2D eigenvalue weighted by atomic mass is 10.2. The van der Waals surface area contributed by atoms with E-state index in [1.54, 1.807) is 54.6 Å². The van der Waals surface area contributed by atoms with Gasteiger partial charge in [0.2, 0.25) is 0 Å². The number of amides is 1. The summed E-state index contributed by atoms with van der Waals surface area (Å²) in [6.45, 7) is 3.90. The van der Waals surface area contributed by atoms with Crippen molar-refractivity contribution in [2.75, 3.05) is 46.0 Å². The largest absolute Gasteiger partial charge is 0.378 e. The standard InChI is InChI=1S/C30H29ClN4O6S2/c1-21-9-11-23(12-10-21)33-42(37,38)24-6-4-5-22(19-24)30(36)32-28-20-25(13-14-29(28)35-15-17-41-18-16-35)43(39,40)34-27-8-3-2-7-26(27)31/h2-14,19-20,33-34H,15-18H2,1H3,(H,32,36). The van der Waals surface area contributed by atoms with E-state index in [0.717, 1.165) is 5.56 Å². The fourth-order valence-electron chi connectivity index (χ4n) is 4.44. The number of halogens is 1. The number of anilines is 4. The number of ether oxygens (including phenoxy) is 1. The topological polar surface area (TPSA) is 134 Å². The molecule has 1 aliphatic heterocycles. The van der Waals surface area contributed by atoms with Gasteiger partial charge >= 0.3 is 0 Å². The van der Waals surface area contributed by atoms with Crippen LogP contribution in [-0.4, -0.2) is 49.0 Å². The Bertz CT molecular complexity index is 1860. The molecule has 10 nitrogen and oxygen atoms in total. The van der Waals surface area contributed by atoms with Crippen molar-refractivity contribution < 1.29 is 26.4 Å². The van der Waals surface area contributed by atoms with E-state index < -0.39 is 26.0 Å². The minimum Gasteiger partial charge on any atom is -0.378 e. The Morgan fingerprint density at radius 1 is 0.767 bits per heavy atom. The van der Waals surface area contributed by atoms with E-state index in [9.17, 15) is 21.6 Å². The van der Waals surface area contributed by atoms with Crippen molar-refractivity contribution in [2.45, 2.75) is 16.7 Å². The average molecular weight is 641 g/mol. The van der Waals surface area contributed by atoms with Crippen molar-refractivity contribution in [3.63, 3.8) is 0 Å². The first-order valence-corrected chi connectivity index (χ1v) is 16.6. The number of carbonyl (C=O) groups is 1. The molecule has 13 heteroatoms. The van der Waals surface area contributed by atoms with Crippen LogP contribution in [0, 0.1) is 6.92 Å². The van der Waals surface area contributed by atoms with Crippen molar-refractivity contribution in [1.29, 1.82) is 0 Å².